The zero-order valence-corrected chi connectivity index (χ0v) is 14.8. The summed E-state index contributed by atoms with van der Waals surface area (Å²) in [5.74, 6) is -0.495. The van der Waals surface area contributed by atoms with Crippen LogP contribution < -0.4 is 0 Å². The maximum atomic E-state index is 13.2. The highest BCUT2D eigenvalue weighted by Crippen LogP contribution is 2.34. The average Bonchev–Trinajstić information content (AvgIpc) is 2.58. The van der Waals surface area contributed by atoms with Crippen LogP contribution in [0.5, 0.6) is 0 Å². The number of carbonyl (C=O) groups excluding carboxylic acids is 1. The summed E-state index contributed by atoms with van der Waals surface area (Å²) >= 11 is 5.78. The second kappa shape index (κ2) is 8.79. The zero-order chi connectivity index (χ0) is 17.6. The SMILES string of the molecule is COCCC[C@@]1(CO)CCCN(C(=O)Cc2ccc(F)c(Cl)c2)C1. The third-order valence-corrected chi connectivity index (χ3v) is 5.03. The predicted octanol–water partition coefficient (Wildman–Crippen LogP) is 3.05. The second-order valence-electron chi connectivity index (χ2n) is 6.60. The summed E-state index contributed by atoms with van der Waals surface area (Å²) in [5.41, 5.74) is 0.457. The second-order valence-corrected chi connectivity index (χ2v) is 7.01. The minimum absolute atomic E-state index is 0.0121. The van der Waals surface area contributed by atoms with Crippen molar-refractivity contribution in [1.29, 1.82) is 0 Å². The Labute approximate surface area is 147 Å². The largest absolute Gasteiger partial charge is 0.396 e. The Hall–Kier alpha value is -1.17. The lowest BCUT2D eigenvalue weighted by molar-refractivity contribution is -0.135. The van der Waals surface area contributed by atoms with Crippen molar-refractivity contribution in [2.45, 2.75) is 32.1 Å². The van der Waals surface area contributed by atoms with E-state index >= 15 is 0 Å². The van der Waals surface area contributed by atoms with E-state index in [1.165, 1.54) is 12.1 Å². The standard InChI is InChI=1S/C18H25ClFNO3/c1-24-9-3-7-18(13-22)6-2-8-21(12-18)17(23)11-14-4-5-16(20)15(19)10-14/h4-5,10,22H,2-3,6-9,11-13H2,1H3/t18-/m0/s1. The molecule has 1 aliphatic heterocycles. The molecule has 24 heavy (non-hydrogen) atoms. The van der Waals surface area contributed by atoms with Crippen LogP contribution in [0.15, 0.2) is 18.2 Å². The Morgan fingerprint density at radius 2 is 2.29 bits per heavy atom. The lowest BCUT2D eigenvalue weighted by atomic mass is 9.77. The van der Waals surface area contributed by atoms with E-state index in [1.54, 1.807) is 13.2 Å². The number of carbonyl (C=O) groups is 1. The van der Waals surface area contributed by atoms with Crippen LogP contribution in [-0.4, -0.2) is 49.3 Å². The molecule has 1 heterocycles. The Morgan fingerprint density at radius 3 is 2.96 bits per heavy atom. The molecule has 0 aromatic heterocycles. The van der Waals surface area contributed by atoms with Gasteiger partial charge in [-0.25, -0.2) is 4.39 Å². The van der Waals surface area contributed by atoms with E-state index in [2.05, 4.69) is 0 Å². The third-order valence-electron chi connectivity index (χ3n) is 4.74. The first kappa shape index (κ1) is 19.2. The van der Waals surface area contributed by atoms with E-state index in [4.69, 9.17) is 16.3 Å². The fraction of sp³-hybridized carbons (Fsp3) is 0.611. The Bertz CT molecular complexity index is 569. The van der Waals surface area contributed by atoms with Crippen molar-refractivity contribution >= 4 is 17.5 Å². The molecule has 1 aromatic carbocycles. The number of likely N-dealkylation sites (tertiary alicyclic amines) is 1. The quantitative estimate of drug-likeness (QED) is 0.763. The van der Waals surface area contributed by atoms with Gasteiger partial charge in [-0.15, -0.1) is 0 Å². The first-order chi connectivity index (χ1) is 11.5. The summed E-state index contributed by atoms with van der Waals surface area (Å²) in [4.78, 5) is 14.4. The van der Waals surface area contributed by atoms with Gasteiger partial charge < -0.3 is 14.7 Å². The summed E-state index contributed by atoms with van der Waals surface area (Å²) in [6.45, 7) is 1.98. The normalized spacial score (nSPS) is 21.1. The average molecular weight is 358 g/mol. The van der Waals surface area contributed by atoms with Gasteiger partial charge >= 0.3 is 0 Å². The molecule has 1 atom stereocenters. The first-order valence-electron chi connectivity index (χ1n) is 8.31. The molecule has 0 aliphatic carbocycles. The first-order valence-corrected chi connectivity index (χ1v) is 8.69. The molecule has 0 unspecified atom stereocenters. The Kier molecular flexibility index (Phi) is 7.02. The van der Waals surface area contributed by atoms with Crippen molar-refractivity contribution < 1.29 is 19.0 Å². The number of hydrogen-bond acceptors (Lipinski definition) is 3. The number of ether oxygens (including phenoxy) is 1. The van der Waals surface area contributed by atoms with Crippen LogP contribution >= 0.6 is 11.6 Å². The number of aliphatic hydroxyl groups is 1. The number of hydrogen-bond donors (Lipinski definition) is 1. The summed E-state index contributed by atoms with van der Waals surface area (Å²) in [6, 6.07) is 4.36. The number of rotatable bonds is 7. The molecule has 0 radical (unpaired) electrons. The predicted molar refractivity (Wildman–Crippen MR) is 91.6 cm³/mol. The van der Waals surface area contributed by atoms with Crippen LogP contribution in [-0.2, 0) is 16.0 Å². The van der Waals surface area contributed by atoms with Crippen LogP contribution in [0.4, 0.5) is 4.39 Å². The number of piperidine rings is 1. The molecular weight excluding hydrogens is 333 g/mol. The molecule has 1 aromatic rings. The number of methoxy groups -OCH3 is 1. The van der Waals surface area contributed by atoms with Gasteiger partial charge in [0.1, 0.15) is 5.82 Å². The lowest BCUT2D eigenvalue weighted by Gasteiger charge is -2.42. The smallest absolute Gasteiger partial charge is 0.227 e. The molecule has 1 N–H and O–H groups in total. The van der Waals surface area contributed by atoms with Crippen molar-refractivity contribution in [3.63, 3.8) is 0 Å². The molecule has 1 amide bonds. The fourth-order valence-corrected chi connectivity index (χ4v) is 3.56. The molecule has 1 saturated heterocycles. The highest BCUT2D eigenvalue weighted by molar-refractivity contribution is 6.30. The highest BCUT2D eigenvalue weighted by Gasteiger charge is 2.36. The Balaban J connectivity index is 1.99. The maximum absolute atomic E-state index is 13.2. The van der Waals surface area contributed by atoms with E-state index in [0.29, 0.717) is 25.3 Å². The number of aliphatic hydroxyl groups excluding tert-OH is 1. The molecular formula is C18H25ClFNO3. The fourth-order valence-electron chi connectivity index (χ4n) is 3.36. The van der Waals surface area contributed by atoms with Crippen LogP contribution in [0.25, 0.3) is 0 Å². The Morgan fingerprint density at radius 1 is 1.50 bits per heavy atom. The van der Waals surface area contributed by atoms with Crippen molar-refractivity contribution in [3.8, 4) is 0 Å². The minimum Gasteiger partial charge on any atom is -0.396 e. The van der Waals surface area contributed by atoms with E-state index in [1.807, 2.05) is 4.90 Å². The molecule has 6 heteroatoms. The number of nitrogens with zero attached hydrogens (tertiary/aromatic N) is 1. The van der Waals surface area contributed by atoms with Crippen LogP contribution in [0.3, 0.4) is 0 Å². The van der Waals surface area contributed by atoms with Gasteiger partial charge in [0.05, 0.1) is 18.1 Å². The minimum atomic E-state index is -0.483. The van der Waals surface area contributed by atoms with Gasteiger partial charge in [0, 0.05) is 32.2 Å². The van der Waals surface area contributed by atoms with Crippen LogP contribution in [0.2, 0.25) is 5.02 Å². The summed E-state index contributed by atoms with van der Waals surface area (Å²) in [6.07, 6.45) is 3.69. The third kappa shape index (κ3) is 4.91. The van der Waals surface area contributed by atoms with Gasteiger partial charge in [0.2, 0.25) is 5.91 Å². The molecule has 134 valence electrons. The number of halogens is 2. The summed E-state index contributed by atoms with van der Waals surface area (Å²) < 4.78 is 18.3. The van der Waals surface area contributed by atoms with Crippen molar-refractivity contribution in [3.05, 3.63) is 34.6 Å². The molecule has 0 spiro atoms. The molecule has 0 saturated carbocycles. The van der Waals surface area contributed by atoms with Crippen LogP contribution in [0.1, 0.15) is 31.2 Å². The number of benzene rings is 1. The summed E-state index contributed by atoms with van der Waals surface area (Å²) in [7, 11) is 1.66. The van der Waals surface area contributed by atoms with Gasteiger partial charge in [-0.05, 0) is 43.4 Å². The van der Waals surface area contributed by atoms with Crippen LogP contribution in [0, 0.1) is 11.2 Å². The molecule has 1 aliphatic rings. The molecule has 2 rings (SSSR count). The van der Waals surface area contributed by atoms with E-state index < -0.39 is 5.82 Å². The number of amides is 1. The highest BCUT2D eigenvalue weighted by atomic mass is 35.5. The van der Waals surface area contributed by atoms with Crippen molar-refractivity contribution in [1.82, 2.24) is 4.90 Å². The van der Waals surface area contributed by atoms with Gasteiger partial charge in [0.15, 0.2) is 0 Å². The van der Waals surface area contributed by atoms with Gasteiger partial charge in [-0.1, -0.05) is 17.7 Å². The zero-order valence-electron chi connectivity index (χ0n) is 14.1. The van der Waals surface area contributed by atoms with Gasteiger partial charge in [-0.2, -0.15) is 0 Å². The topological polar surface area (TPSA) is 49.8 Å². The summed E-state index contributed by atoms with van der Waals surface area (Å²) in [5, 5.41) is 9.89. The van der Waals surface area contributed by atoms with Gasteiger partial charge in [-0.3, -0.25) is 4.79 Å². The van der Waals surface area contributed by atoms with E-state index in [-0.39, 0.29) is 29.4 Å². The van der Waals surface area contributed by atoms with Crippen molar-refractivity contribution in [2.24, 2.45) is 5.41 Å². The van der Waals surface area contributed by atoms with E-state index in [0.717, 1.165) is 25.7 Å². The van der Waals surface area contributed by atoms with Crippen molar-refractivity contribution in [2.75, 3.05) is 33.4 Å². The molecule has 1 fully saturated rings. The molecule has 0 bridgehead atoms. The van der Waals surface area contributed by atoms with Gasteiger partial charge in [0.25, 0.3) is 0 Å². The lowest BCUT2D eigenvalue weighted by Crippen LogP contribution is -2.48. The maximum Gasteiger partial charge on any atom is 0.227 e. The monoisotopic (exact) mass is 357 g/mol. The molecule has 4 nitrogen and oxygen atoms in total. The van der Waals surface area contributed by atoms with E-state index in [9.17, 15) is 14.3 Å².